The van der Waals surface area contributed by atoms with Crippen LogP contribution in [0.2, 0.25) is 0 Å². The molecule has 2 aliphatic carbocycles. The molecule has 5 atom stereocenters. The predicted molar refractivity (Wildman–Crippen MR) is 134 cm³/mol. The van der Waals surface area contributed by atoms with Crippen LogP contribution in [0.3, 0.4) is 0 Å². The summed E-state index contributed by atoms with van der Waals surface area (Å²) in [4.78, 5) is 20.0. The highest BCUT2D eigenvalue weighted by molar-refractivity contribution is 7.90. The van der Waals surface area contributed by atoms with Gasteiger partial charge >= 0.3 is 0 Å². The summed E-state index contributed by atoms with van der Waals surface area (Å²) in [7, 11) is -3.75. The van der Waals surface area contributed by atoms with E-state index in [2.05, 4.69) is 19.0 Å². The lowest BCUT2D eigenvalue weighted by molar-refractivity contribution is -0.122. The number of fused-ring (bicyclic) bond motifs is 1. The summed E-state index contributed by atoms with van der Waals surface area (Å²) in [5, 5.41) is 4.28. The summed E-state index contributed by atoms with van der Waals surface area (Å²) in [6.45, 7) is 8.41. The lowest BCUT2D eigenvalue weighted by atomic mass is 9.69. The zero-order valence-electron chi connectivity index (χ0n) is 20.7. The van der Waals surface area contributed by atoms with Crippen LogP contribution in [0.4, 0.5) is 0 Å². The van der Waals surface area contributed by atoms with Gasteiger partial charge in [0.05, 0.1) is 17.7 Å². The Morgan fingerprint density at radius 1 is 1.00 bits per heavy atom. The largest absolute Gasteiger partial charge is 0.386 e. The van der Waals surface area contributed by atoms with Gasteiger partial charge in [-0.3, -0.25) is 4.79 Å². The summed E-state index contributed by atoms with van der Waals surface area (Å²) >= 11 is 0. The van der Waals surface area contributed by atoms with E-state index in [1.807, 2.05) is 62.4 Å². The van der Waals surface area contributed by atoms with Crippen molar-refractivity contribution in [2.24, 2.45) is 21.9 Å². The Morgan fingerprint density at radius 3 is 2.20 bits per heavy atom. The molecule has 7 heteroatoms. The molecule has 0 aromatic heterocycles. The molecule has 0 N–H and O–H groups in total. The zero-order chi connectivity index (χ0) is 24.8. The molecule has 1 amide bonds. The van der Waals surface area contributed by atoms with Gasteiger partial charge in [-0.2, -0.15) is 0 Å². The van der Waals surface area contributed by atoms with Crippen LogP contribution in [-0.4, -0.2) is 36.1 Å². The Morgan fingerprint density at radius 2 is 1.60 bits per heavy atom. The van der Waals surface area contributed by atoms with E-state index in [-0.39, 0.29) is 28.3 Å². The van der Waals surface area contributed by atoms with Crippen LogP contribution in [0, 0.1) is 30.6 Å². The van der Waals surface area contributed by atoms with Crippen molar-refractivity contribution in [3.8, 4) is 0 Å². The molecule has 2 heterocycles. The van der Waals surface area contributed by atoms with Crippen molar-refractivity contribution in [3.05, 3.63) is 70.8 Å². The molecular formula is C28H32N2O4S. The number of sulfonamides is 1. The van der Waals surface area contributed by atoms with Gasteiger partial charge in [-0.1, -0.05) is 78.7 Å². The molecule has 1 saturated heterocycles. The van der Waals surface area contributed by atoms with Crippen molar-refractivity contribution in [2.75, 3.05) is 5.75 Å². The van der Waals surface area contributed by atoms with Crippen LogP contribution >= 0.6 is 0 Å². The van der Waals surface area contributed by atoms with Gasteiger partial charge in [0.1, 0.15) is 0 Å². The standard InChI is InChI=1S/C28H32N2O4S/c1-17-5-9-19(10-6-17)23-24(29-34-25(23)20-11-7-18(2)8-12-20)26(31)30-22-15-21-13-14-28(22,27(21,3)4)16-35(30,32)33/h5-12,21-23,25H,13-16H2,1-4H3/t21-,22-,23+,25-,28-/m1/s1. The molecule has 184 valence electrons. The summed E-state index contributed by atoms with van der Waals surface area (Å²) in [6.07, 6.45) is 2.14. The minimum Gasteiger partial charge on any atom is -0.386 e. The fourth-order valence-corrected chi connectivity index (χ4v) is 9.85. The molecule has 3 fully saturated rings. The Bertz CT molecular complexity index is 1330. The number of amides is 1. The van der Waals surface area contributed by atoms with Crippen molar-refractivity contribution in [2.45, 2.75) is 65.0 Å². The minimum absolute atomic E-state index is 0.0463. The number of carbonyl (C=O) groups excluding carboxylic acids is 1. The van der Waals surface area contributed by atoms with E-state index < -0.39 is 28.0 Å². The van der Waals surface area contributed by atoms with Gasteiger partial charge in [-0.05, 0) is 55.6 Å². The normalized spacial score (nSPS) is 33.9. The fourth-order valence-electron chi connectivity index (χ4n) is 7.33. The highest BCUT2D eigenvalue weighted by atomic mass is 32.2. The van der Waals surface area contributed by atoms with Gasteiger partial charge < -0.3 is 4.84 Å². The third kappa shape index (κ3) is 3.09. The average molecular weight is 493 g/mol. The van der Waals surface area contributed by atoms with E-state index in [0.29, 0.717) is 5.92 Å². The number of carbonyl (C=O) groups is 1. The molecule has 0 unspecified atom stereocenters. The molecule has 2 aromatic carbocycles. The first-order chi connectivity index (χ1) is 16.5. The Balaban J connectivity index is 1.41. The quantitative estimate of drug-likeness (QED) is 0.612. The molecule has 2 aliphatic heterocycles. The molecule has 35 heavy (non-hydrogen) atoms. The van der Waals surface area contributed by atoms with Crippen LogP contribution in [0.25, 0.3) is 0 Å². The van der Waals surface area contributed by atoms with Gasteiger partial charge in [-0.15, -0.1) is 0 Å². The Labute approximate surface area is 207 Å². The van der Waals surface area contributed by atoms with Crippen LogP contribution in [0.1, 0.15) is 67.4 Å². The summed E-state index contributed by atoms with van der Waals surface area (Å²) in [6, 6.07) is 15.7. The number of nitrogens with zero attached hydrogens (tertiary/aromatic N) is 2. The summed E-state index contributed by atoms with van der Waals surface area (Å²) in [5.41, 5.74) is 3.75. The number of hydrogen-bond donors (Lipinski definition) is 0. The van der Waals surface area contributed by atoms with Crippen molar-refractivity contribution in [3.63, 3.8) is 0 Å². The molecule has 2 aromatic rings. The first-order valence-corrected chi connectivity index (χ1v) is 14.1. The van der Waals surface area contributed by atoms with E-state index in [1.165, 1.54) is 4.31 Å². The SMILES string of the molecule is Cc1ccc([C@H]2ON=C(C(=O)N3[C@@H]4C[C@H]5CC[C@]4(CS3(=O)=O)C5(C)C)[C@@H]2c2ccc(C)cc2)cc1. The average Bonchev–Trinajstić information content (AvgIpc) is 3.47. The molecule has 6 nitrogen and oxygen atoms in total. The predicted octanol–water partition coefficient (Wildman–Crippen LogP) is 4.88. The van der Waals surface area contributed by atoms with Gasteiger partial charge in [0.15, 0.2) is 11.8 Å². The zero-order valence-corrected chi connectivity index (χ0v) is 21.5. The molecule has 4 aliphatic rings. The summed E-state index contributed by atoms with van der Waals surface area (Å²) in [5.74, 6) is -0.516. The topological polar surface area (TPSA) is 76.0 Å². The number of hydrogen-bond acceptors (Lipinski definition) is 5. The van der Waals surface area contributed by atoms with Crippen molar-refractivity contribution >= 4 is 21.6 Å². The second-order valence-electron chi connectivity index (χ2n) is 11.5. The molecule has 2 bridgehead atoms. The fraction of sp³-hybridized carbons (Fsp3) is 0.500. The second kappa shape index (κ2) is 7.42. The van der Waals surface area contributed by atoms with Crippen LogP contribution in [0.15, 0.2) is 53.7 Å². The maximum Gasteiger partial charge on any atom is 0.286 e. The van der Waals surface area contributed by atoms with E-state index in [1.54, 1.807) is 0 Å². The van der Waals surface area contributed by atoms with E-state index in [0.717, 1.165) is 41.5 Å². The second-order valence-corrected chi connectivity index (χ2v) is 13.4. The highest BCUT2D eigenvalue weighted by Crippen LogP contribution is 2.70. The van der Waals surface area contributed by atoms with Gasteiger partial charge in [0.25, 0.3) is 5.91 Å². The molecule has 6 rings (SSSR count). The number of benzene rings is 2. The lowest BCUT2D eigenvalue weighted by Crippen LogP contribution is -2.47. The van der Waals surface area contributed by atoms with Crippen LogP contribution < -0.4 is 0 Å². The monoisotopic (exact) mass is 492 g/mol. The number of rotatable bonds is 3. The van der Waals surface area contributed by atoms with Crippen molar-refractivity contribution in [1.29, 1.82) is 0 Å². The Kier molecular flexibility index (Phi) is 4.83. The van der Waals surface area contributed by atoms with Crippen LogP contribution in [-0.2, 0) is 19.7 Å². The van der Waals surface area contributed by atoms with Gasteiger partial charge in [0.2, 0.25) is 10.0 Å². The minimum atomic E-state index is -3.75. The smallest absolute Gasteiger partial charge is 0.286 e. The maximum absolute atomic E-state index is 14.1. The van der Waals surface area contributed by atoms with Gasteiger partial charge in [0, 0.05) is 5.41 Å². The number of aryl methyl sites for hydroxylation is 2. The first-order valence-electron chi connectivity index (χ1n) is 12.5. The first kappa shape index (κ1) is 22.8. The molecule has 2 saturated carbocycles. The van der Waals surface area contributed by atoms with E-state index >= 15 is 0 Å². The van der Waals surface area contributed by atoms with Crippen molar-refractivity contribution in [1.82, 2.24) is 4.31 Å². The number of oxime groups is 1. The Hall–Kier alpha value is -2.67. The highest BCUT2D eigenvalue weighted by Gasteiger charge is 2.72. The molecular weight excluding hydrogens is 460 g/mol. The molecule has 1 spiro atoms. The summed E-state index contributed by atoms with van der Waals surface area (Å²) < 4.78 is 28.3. The van der Waals surface area contributed by atoms with E-state index in [4.69, 9.17) is 4.84 Å². The molecule has 0 radical (unpaired) electrons. The van der Waals surface area contributed by atoms with Crippen LogP contribution in [0.5, 0.6) is 0 Å². The van der Waals surface area contributed by atoms with Crippen molar-refractivity contribution < 1.29 is 18.0 Å². The van der Waals surface area contributed by atoms with Gasteiger partial charge in [-0.25, -0.2) is 12.7 Å². The maximum atomic E-state index is 14.1. The lowest BCUT2D eigenvalue weighted by Gasteiger charge is -2.37. The third-order valence-corrected chi connectivity index (χ3v) is 11.4. The van der Waals surface area contributed by atoms with E-state index in [9.17, 15) is 13.2 Å². The third-order valence-electron chi connectivity index (χ3n) is 9.53.